The molecule has 0 spiro atoms. The van der Waals surface area contributed by atoms with Gasteiger partial charge >= 0.3 is 12.4 Å². The molecular weight excluding hydrogens is 484 g/mol. The van der Waals surface area contributed by atoms with E-state index in [2.05, 4.69) is 25.7 Å². The minimum absolute atomic E-state index is 0.00937. The summed E-state index contributed by atoms with van der Waals surface area (Å²) in [6.07, 6.45) is -6.51. The highest BCUT2D eigenvalue weighted by atomic mass is 19.4. The van der Waals surface area contributed by atoms with E-state index in [9.17, 15) is 35.9 Å². The highest BCUT2D eigenvalue weighted by Gasteiger charge is 2.41. The van der Waals surface area contributed by atoms with Crippen LogP contribution in [-0.2, 0) is 23.6 Å². The average Bonchev–Trinajstić information content (AvgIpc) is 3.18. The van der Waals surface area contributed by atoms with Crippen LogP contribution >= 0.6 is 0 Å². The van der Waals surface area contributed by atoms with Gasteiger partial charge in [0.05, 0.1) is 23.8 Å². The first-order valence-electron chi connectivity index (χ1n) is 10.8. The number of fused-ring (bicyclic) bond motifs is 1. The first-order chi connectivity index (χ1) is 16.4. The molecule has 3 heterocycles. The fraction of sp³-hybridized carbons (Fsp3) is 0.550. The van der Waals surface area contributed by atoms with Crippen LogP contribution in [0.5, 0.6) is 0 Å². The van der Waals surface area contributed by atoms with E-state index >= 15 is 0 Å². The summed E-state index contributed by atoms with van der Waals surface area (Å²) in [6, 6.07) is -0.787. The van der Waals surface area contributed by atoms with Gasteiger partial charge in [-0.15, -0.1) is 0 Å². The van der Waals surface area contributed by atoms with Crippen molar-refractivity contribution in [3.63, 3.8) is 0 Å². The van der Waals surface area contributed by atoms with Gasteiger partial charge in [0.15, 0.2) is 0 Å². The number of H-pyrrole nitrogens is 1. The fourth-order valence-electron chi connectivity index (χ4n) is 4.30. The molecule has 1 fully saturated rings. The Morgan fingerprint density at radius 3 is 2.31 bits per heavy atom. The number of aromatic amines is 1. The number of piperidine rings is 1. The third-order valence-electron chi connectivity index (χ3n) is 6.04. The lowest BCUT2D eigenvalue weighted by molar-refractivity contribution is -0.139. The molecule has 35 heavy (non-hydrogen) atoms. The number of amides is 1. The van der Waals surface area contributed by atoms with Crippen molar-refractivity contribution in [3.05, 3.63) is 45.1 Å². The van der Waals surface area contributed by atoms with Crippen LogP contribution in [-0.4, -0.2) is 51.7 Å². The molecular formula is C20H21F6N7O2. The van der Waals surface area contributed by atoms with Crippen molar-refractivity contribution in [2.75, 3.05) is 24.5 Å². The Bertz CT molecular complexity index is 1120. The third-order valence-corrected chi connectivity index (χ3v) is 6.04. The zero-order chi connectivity index (χ0) is 25.4. The first kappa shape index (κ1) is 24.9. The Balaban J connectivity index is 1.27. The first-order valence-corrected chi connectivity index (χ1v) is 10.8. The van der Waals surface area contributed by atoms with Gasteiger partial charge in [-0.3, -0.25) is 9.59 Å². The zero-order valence-electron chi connectivity index (χ0n) is 18.1. The van der Waals surface area contributed by atoms with E-state index < -0.39 is 41.0 Å². The van der Waals surface area contributed by atoms with E-state index in [1.165, 1.54) is 0 Å². The molecule has 1 amide bonds. The van der Waals surface area contributed by atoms with Crippen LogP contribution in [0.3, 0.4) is 0 Å². The van der Waals surface area contributed by atoms with E-state index in [1.807, 2.05) is 5.10 Å². The molecule has 0 unspecified atom stereocenters. The van der Waals surface area contributed by atoms with Gasteiger partial charge in [-0.05, 0) is 31.2 Å². The monoisotopic (exact) mass is 505 g/mol. The van der Waals surface area contributed by atoms with Gasteiger partial charge in [0.1, 0.15) is 5.56 Å². The van der Waals surface area contributed by atoms with Crippen molar-refractivity contribution < 1.29 is 31.1 Å². The summed E-state index contributed by atoms with van der Waals surface area (Å²) in [6.45, 7) is 0.860. The van der Waals surface area contributed by atoms with Crippen LogP contribution in [0.1, 0.15) is 47.7 Å². The van der Waals surface area contributed by atoms with Gasteiger partial charge in [-0.2, -0.15) is 31.4 Å². The standard InChI is InChI=1S/C20H21F6N7O2/c21-19(22,23)10-7-28-18(29-8-10)33-5-3-11(4-6-33)27-9-14(34)30-13-2-1-12-15(20(24,25)26)17(35)32-31-16(12)13/h7-8,11,13,27H,1-6,9H2,(H,30,34)(H,32,35)/t13-/m1/s1. The number of hydrogen-bond acceptors (Lipinski definition) is 7. The van der Waals surface area contributed by atoms with Gasteiger partial charge in [0.2, 0.25) is 11.9 Å². The third kappa shape index (κ3) is 5.55. The predicted molar refractivity (Wildman–Crippen MR) is 109 cm³/mol. The fourth-order valence-corrected chi connectivity index (χ4v) is 4.30. The molecule has 9 nitrogen and oxygen atoms in total. The van der Waals surface area contributed by atoms with Crippen LogP contribution in [0, 0.1) is 0 Å². The molecule has 15 heteroatoms. The summed E-state index contributed by atoms with van der Waals surface area (Å²) < 4.78 is 77.6. The summed E-state index contributed by atoms with van der Waals surface area (Å²) in [5.41, 5.74) is -3.70. The van der Waals surface area contributed by atoms with Crippen molar-refractivity contribution in [2.45, 2.75) is 50.1 Å². The summed E-state index contributed by atoms with van der Waals surface area (Å²) >= 11 is 0. The smallest absolute Gasteiger partial charge is 0.347 e. The molecule has 190 valence electrons. The number of anilines is 1. The number of aromatic nitrogens is 4. The largest absolute Gasteiger partial charge is 0.422 e. The molecule has 2 aromatic rings. The van der Waals surface area contributed by atoms with Crippen molar-refractivity contribution in [1.29, 1.82) is 0 Å². The van der Waals surface area contributed by atoms with Crippen LogP contribution in [0.15, 0.2) is 17.2 Å². The van der Waals surface area contributed by atoms with E-state index in [0.717, 1.165) is 12.4 Å². The van der Waals surface area contributed by atoms with E-state index in [0.29, 0.717) is 25.9 Å². The second-order valence-electron chi connectivity index (χ2n) is 8.36. The number of carbonyl (C=O) groups excluding carboxylic acids is 1. The molecule has 1 atom stereocenters. The average molecular weight is 505 g/mol. The Kier molecular flexibility index (Phi) is 6.71. The van der Waals surface area contributed by atoms with Gasteiger partial charge in [-0.1, -0.05) is 0 Å². The second-order valence-corrected chi connectivity index (χ2v) is 8.36. The number of rotatable bonds is 5. The molecule has 1 saturated heterocycles. The lowest BCUT2D eigenvalue weighted by Crippen LogP contribution is -2.46. The Morgan fingerprint density at radius 2 is 1.71 bits per heavy atom. The minimum Gasteiger partial charge on any atom is -0.347 e. The number of hydrogen-bond donors (Lipinski definition) is 3. The van der Waals surface area contributed by atoms with Crippen molar-refractivity contribution in [1.82, 2.24) is 30.8 Å². The summed E-state index contributed by atoms with van der Waals surface area (Å²) in [7, 11) is 0. The van der Waals surface area contributed by atoms with Gasteiger partial charge in [-0.25, -0.2) is 15.1 Å². The van der Waals surface area contributed by atoms with Crippen LogP contribution in [0.25, 0.3) is 0 Å². The van der Waals surface area contributed by atoms with E-state index in [4.69, 9.17) is 0 Å². The van der Waals surface area contributed by atoms with Gasteiger partial charge < -0.3 is 15.5 Å². The molecule has 0 aromatic carbocycles. The number of carbonyl (C=O) groups is 1. The highest BCUT2D eigenvalue weighted by Crippen LogP contribution is 2.37. The molecule has 2 aliphatic rings. The molecule has 4 rings (SSSR count). The van der Waals surface area contributed by atoms with Gasteiger partial charge in [0, 0.05) is 31.5 Å². The summed E-state index contributed by atoms with van der Waals surface area (Å²) in [5, 5.41) is 11.3. The maximum absolute atomic E-state index is 13.2. The molecule has 1 aliphatic heterocycles. The number of nitrogens with one attached hydrogen (secondary N) is 3. The quantitative estimate of drug-likeness (QED) is 0.532. The van der Waals surface area contributed by atoms with E-state index in [1.54, 1.807) is 4.90 Å². The minimum atomic E-state index is -4.82. The molecule has 2 aromatic heterocycles. The molecule has 0 bridgehead atoms. The van der Waals surface area contributed by atoms with Crippen LogP contribution in [0.4, 0.5) is 32.3 Å². The molecule has 0 radical (unpaired) electrons. The van der Waals surface area contributed by atoms with Crippen LogP contribution < -0.4 is 21.1 Å². The lowest BCUT2D eigenvalue weighted by Gasteiger charge is -2.32. The molecule has 1 aliphatic carbocycles. The lowest BCUT2D eigenvalue weighted by atomic mass is 10.1. The SMILES string of the molecule is O=C(CNC1CCN(c2ncc(C(F)(F)F)cn2)CC1)N[C@@H]1CCc2c1n[nH]c(=O)c2C(F)(F)F. The van der Waals surface area contributed by atoms with Gasteiger partial charge in [0.25, 0.3) is 5.56 Å². The summed E-state index contributed by atoms with van der Waals surface area (Å²) in [4.78, 5) is 33.3. The maximum Gasteiger partial charge on any atom is 0.422 e. The normalized spacial score (nSPS) is 19.0. The number of nitrogens with zero attached hydrogens (tertiary/aromatic N) is 4. The number of alkyl halides is 6. The number of halogens is 6. The van der Waals surface area contributed by atoms with Crippen LogP contribution in [0.2, 0.25) is 0 Å². The maximum atomic E-state index is 13.2. The molecule has 3 N–H and O–H groups in total. The second kappa shape index (κ2) is 9.43. The van der Waals surface area contributed by atoms with Crippen molar-refractivity contribution in [3.8, 4) is 0 Å². The van der Waals surface area contributed by atoms with Crippen molar-refractivity contribution >= 4 is 11.9 Å². The summed E-state index contributed by atoms with van der Waals surface area (Å²) in [5.74, 6) is -0.240. The Hall–Kier alpha value is -3.23. The van der Waals surface area contributed by atoms with E-state index in [-0.39, 0.29) is 42.6 Å². The topological polar surface area (TPSA) is 116 Å². The predicted octanol–water partition coefficient (Wildman–Crippen LogP) is 1.96. The van der Waals surface area contributed by atoms with Crippen molar-refractivity contribution in [2.24, 2.45) is 0 Å². The Morgan fingerprint density at radius 1 is 1.06 bits per heavy atom. The zero-order valence-corrected chi connectivity index (χ0v) is 18.1. The highest BCUT2D eigenvalue weighted by molar-refractivity contribution is 5.78. The Labute approximate surface area is 194 Å². The molecule has 0 saturated carbocycles.